The highest BCUT2D eigenvalue weighted by atomic mass is 16.2. The van der Waals surface area contributed by atoms with E-state index in [4.69, 9.17) is 0 Å². The number of hydrogen-bond acceptors (Lipinski definition) is 3. The molecule has 0 aliphatic heterocycles. The van der Waals surface area contributed by atoms with Gasteiger partial charge < -0.3 is 0 Å². The lowest BCUT2D eigenvalue weighted by Crippen LogP contribution is -2.28. The third kappa shape index (κ3) is 1.75. The maximum Gasteiger partial charge on any atom is 0.329 e. The van der Waals surface area contributed by atoms with Crippen molar-refractivity contribution in [2.45, 2.75) is 20.8 Å². The fraction of sp³-hybridized carbons (Fsp3) is 0.235. The van der Waals surface area contributed by atoms with Crippen molar-refractivity contribution < 1.29 is 0 Å². The van der Waals surface area contributed by atoms with Crippen LogP contribution in [0.15, 0.2) is 33.9 Å². The highest BCUT2D eigenvalue weighted by molar-refractivity contribution is 5.77. The van der Waals surface area contributed by atoms with Gasteiger partial charge in [0.1, 0.15) is 0 Å². The van der Waals surface area contributed by atoms with E-state index >= 15 is 0 Å². The summed E-state index contributed by atoms with van der Waals surface area (Å²) in [5, 5.41) is 0. The van der Waals surface area contributed by atoms with E-state index in [-0.39, 0.29) is 0 Å². The Morgan fingerprint density at radius 1 is 1.00 bits per heavy atom. The van der Waals surface area contributed by atoms with E-state index in [9.17, 15) is 9.59 Å². The van der Waals surface area contributed by atoms with Crippen molar-refractivity contribution in [1.29, 1.82) is 0 Å². The van der Waals surface area contributed by atoms with Crippen LogP contribution in [0, 0.1) is 20.8 Å². The van der Waals surface area contributed by atoms with Crippen molar-refractivity contribution in [2.75, 3.05) is 0 Å². The number of aryl methyl sites for hydroxylation is 3. The Morgan fingerprint density at radius 3 is 2.33 bits per heavy atom. The van der Waals surface area contributed by atoms with Crippen molar-refractivity contribution in [2.24, 2.45) is 7.05 Å². The minimum absolute atomic E-state index is 0.378. The summed E-state index contributed by atoms with van der Waals surface area (Å²) in [6.07, 6.45) is 0. The van der Waals surface area contributed by atoms with Crippen LogP contribution in [-0.4, -0.2) is 23.5 Å². The smallest absolute Gasteiger partial charge is 0.283 e. The van der Waals surface area contributed by atoms with Crippen LogP contribution in [0.25, 0.3) is 22.6 Å². The SMILES string of the molecule is Cc1ccc(-n2c(C)c(C)n3c4c(=O)[nH]c(=O)n(C)c4nc23)cc1. The molecule has 0 saturated carbocycles. The second-order valence-electron chi connectivity index (χ2n) is 6.08. The first-order chi connectivity index (χ1) is 11.4. The Kier molecular flexibility index (Phi) is 2.84. The summed E-state index contributed by atoms with van der Waals surface area (Å²) in [7, 11) is 1.60. The molecule has 7 heteroatoms. The Hall–Kier alpha value is -3.09. The zero-order valence-corrected chi connectivity index (χ0v) is 13.9. The van der Waals surface area contributed by atoms with Gasteiger partial charge in [-0.15, -0.1) is 0 Å². The number of imidazole rings is 2. The van der Waals surface area contributed by atoms with Gasteiger partial charge in [0, 0.05) is 24.1 Å². The monoisotopic (exact) mass is 323 g/mol. The van der Waals surface area contributed by atoms with Gasteiger partial charge in [0.15, 0.2) is 11.2 Å². The molecule has 4 aromatic rings. The number of fused-ring (bicyclic) bond motifs is 3. The molecule has 0 amide bonds. The number of nitrogens with one attached hydrogen (secondary N) is 1. The second kappa shape index (κ2) is 4.70. The minimum Gasteiger partial charge on any atom is -0.283 e. The summed E-state index contributed by atoms with van der Waals surface area (Å²) in [6, 6.07) is 8.10. The van der Waals surface area contributed by atoms with E-state index in [1.165, 1.54) is 10.1 Å². The quantitative estimate of drug-likeness (QED) is 0.578. The molecule has 1 aromatic carbocycles. The van der Waals surface area contributed by atoms with Crippen LogP contribution in [-0.2, 0) is 7.05 Å². The molecule has 7 nitrogen and oxygen atoms in total. The largest absolute Gasteiger partial charge is 0.329 e. The highest BCUT2D eigenvalue weighted by Gasteiger charge is 2.21. The van der Waals surface area contributed by atoms with Crippen molar-refractivity contribution in [3.63, 3.8) is 0 Å². The molecule has 0 bridgehead atoms. The van der Waals surface area contributed by atoms with Crippen molar-refractivity contribution in [1.82, 2.24) is 23.5 Å². The zero-order chi connectivity index (χ0) is 17.2. The van der Waals surface area contributed by atoms with Gasteiger partial charge in [-0.2, -0.15) is 4.98 Å². The standard InChI is InChI=1S/C17H17N5O2/c1-9-5-7-12(8-6-9)21-10(2)11(3)22-13-14(18-16(21)22)20(4)17(24)19-15(13)23/h5-8H,1-4H3,(H,19,23,24). The molecule has 3 heterocycles. The molecule has 0 atom stereocenters. The molecule has 0 unspecified atom stereocenters. The van der Waals surface area contributed by atoms with Crippen LogP contribution < -0.4 is 11.2 Å². The van der Waals surface area contributed by atoms with E-state index in [0.717, 1.165) is 17.1 Å². The number of H-pyrrole nitrogens is 1. The van der Waals surface area contributed by atoms with Crippen LogP contribution in [0.2, 0.25) is 0 Å². The van der Waals surface area contributed by atoms with Crippen molar-refractivity contribution >= 4 is 16.9 Å². The molecule has 1 N–H and O–H groups in total. The summed E-state index contributed by atoms with van der Waals surface area (Å²) >= 11 is 0. The fourth-order valence-corrected chi connectivity index (χ4v) is 3.12. The van der Waals surface area contributed by atoms with E-state index in [1.807, 2.05) is 54.0 Å². The van der Waals surface area contributed by atoms with E-state index in [0.29, 0.717) is 16.9 Å². The molecule has 122 valence electrons. The summed E-state index contributed by atoms with van der Waals surface area (Å²) in [4.78, 5) is 31.1. The van der Waals surface area contributed by atoms with Gasteiger partial charge in [-0.3, -0.25) is 23.3 Å². The first-order valence-electron chi connectivity index (χ1n) is 7.66. The maximum atomic E-state index is 12.3. The number of hydrogen-bond donors (Lipinski definition) is 1. The van der Waals surface area contributed by atoms with Crippen LogP contribution >= 0.6 is 0 Å². The molecular weight excluding hydrogens is 306 g/mol. The molecule has 0 aliphatic carbocycles. The predicted molar refractivity (Wildman–Crippen MR) is 92.1 cm³/mol. The van der Waals surface area contributed by atoms with E-state index < -0.39 is 11.2 Å². The predicted octanol–water partition coefficient (Wildman–Crippen LogP) is 1.59. The average Bonchev–Trinajstić information content (AvgIpc) is 3.04. The Bertz CT molecular complexity index is 1220. The molecule has 3 aromatic heterocycles. The molecule has 0 saturated heterocycles. The normalized spacial score (nSPS) is 11.7. The first-order valence-corrected chi connectivity index (χ1v) is 7.66. The van der Waals surface area contributed by atoms with E-state index in [1.54, 1.807) is 7.05 Å². The number of aromatic nitrogens is 5. The summed E-state index contributed by atoms with van der Waals surface area (Å²) in [5.74, 6) is 0.621. The van der Waals surface area contributed by atoms with Gasteiger partial charge in [0.2, 0.25) is 5.78 Å². The number of nitrogens with zero attached hydrogens (tertiary/aromatic N) is 4. The van der Waals surface area contributed by atoms with E-state index in [2.05, 4.69) is 9.97 Å². The lowest BCUT2D eigenvalue weighted by Gasteiger charge is -2.06. The molecule has 0 aliphatic rings. The summed E-state index contributed by atoms with van der Waals surface area (Å²) in [6.45, 7) is 5.97. The van der Waals surface area contributed by atoms with Gasteiger partial charge in [-0.25, -0.2) is 4.79 Å². The van der Waals surface area contributed by atoms with Gasteiger partial charge >= 0.3 is 5.69 Å². The lowest BCUT2D eigenvalue weighted by atomic mass is 10.2. The number of aromatic amines is 1. The number of rotatable bonds is 1. The summed E-state index contributed by atoms with van der Waals surface area (Å²) < 4.78 is 5.17. The maximum absolute atomic E-state index is 12.3. The van der Waals surface area contributed by atoms with Crippen molar-refractivity contribution in [3.05, 3.63) is 62.1 Å². The third-order valence-electron chi connectivity index (χ3n) is 4.59. The molecule has 0 spiro atoms. The topological polar surface area (TPSA) is 77.1 Å². The molecular formula is C17H17N5O2. The Labute approximate surface area is 136 Å². The molecule has 4 rings (SSSR count). The Morgan fingerprint density at radius 2 is 1.67 bits per heavy atom. The minimum atomic E-state index is -0.468. The van der Waals surface area contributed by atoms with Gasteiger partial charge in [0.25, 0.3) is 5.56 Å². The second-order valence-corrected chi connectivity index (χ2v) is 6.08. The molecule has 0 fully saturated rings. The van der Waals surface area contributed by atoms with Gasteiger partial charge in [0.05, 0.1) is 0 Å². The average molecular weight is 323 g/mol. The van der Waals surface area contributed by atoms with Gasteiger partial charge in [-0.05, 0) is 32.9 Å². The lowest BCUT2D eigenvalue weighted by molar-refractivity contribution is 0.830. The fourth-order valence-electron chi connectivity index (χ4n) is 3.12. The molecule has 24 heavy (non-hydrogen) atoms. The van der Waals surface area contributed by atoms with Crippen LogP contribution in [0.5, 0.6) is 0 Å². The van der Waals surface area contributed by atoms with Crippen LogP contribution in [0.1, 0.15) is 17.0 Å². The van der Waals surface area contributed by atoms with Crippen molar-refractivity contribution in [3.8, 4) is 5.69 Å². The number of benzene rings is 1. The first kappa shape index (κ1) is 14.5. The third-order valence-corrected chi connectivity index (χ3v) is 4.59. The molecule has 0 radical (unpaired) electrons. The zero-order valence-electron chi connectivity index (χ0n) is 13.9. The van der Waals surface area contributed by atoms with Crippen LogP contribution in [0.4, 0.5) is 0 Å². The van der Waals surface area contributed by atoms with Crippen LogP contribution in [0.3, 0.4) is 0 Å². The Balaban J connectivity index is 2.22. The summed E-state index contributed by atoms with van der Waals surface area (Å²) in [5.41, 5.74) is 3.92. The highest BCUT2D eigenvalue weighted by Crippen LogP contribution is 2.24. The van der Waals surface area contributed by atoms with Gasteiger partial charge in [-0.1, -0.05) is 17.7 Å².